The Balaban J connectivity index is 0.000000280. The highest BCUT2D eigenvalue weighted by atomic mass is 19.3. The third-order valence-corrected chi connectivity index (χ3v) is 6.16. The number of aromatic nitrogens is 6. The molecule has 4 N–H and O–H groups in total. The molecule has 4 aromatic rings. The Labute approximate surface area is 221 Å². The van der Waals surface area contributed by atoms with Crippen LogP contribution >= 0.6 is 0 Å². The van der Waals surface area contributed by atoms with Crippen molar-refractivity contribution in [2.75, 3.05) is 18.1 Å². The van der Waals surface area contributed by atoms with Crippen LogP contribution in [0.15, 0.2) is 24.4 Å². The van der Waals surface area contributed by atoms with Gasteiger partial charge in [-0.15, -0.1) is 5.10 Å². The van der Waals surface area contributed by atoms with Crippen molar-refractivity contribution in [2.24, 2.45) is 0 Å². The molecule has 206 valence electrons. The maximum Gasteiger partial charge on any atom is 0.256 e. The van der Waals surface area contributed by atoms with Crippen LogP contribution < -0.4 is 16.4 Å². The molecule has 0 saturated heterocycles. The number of halogens is 2. The van der Waals surface area contributed by atoms with E-state index in [-0.39, 0.29) is 11.9 Å². The van der Waals surface area contributed by atoms with Gasteiger partial charge in [-0.2, -0.15) is 4.98 Å². The molecule has 4 heterocycles. The molecule has 0 unspecified atom stereocenters. The van der Waals surface area contributed by atoms with Gasteiger partial charge in [0.2, 0.25) is 11.9 Å². The number of hydrogen-bond acceptors (Lipinski definition) is 7. The number of nitrogens with zero attached hydrogens (tertiary/aromatic N) is 6. The Morgan fingerprint density at radius 1 is 1.13 bits per heavy atom. The predicted molar refractivity (Wildman–Crippen MR) is 146 cm³/mol. The lowest BCUT2D eigenvalue weighted by Gasteiger charge is -2.21. The van der Waals surface area contributed by atoms with Gasteiger partial charge in [0, 0.05) is 31.8 Å². The molecule has 10 nitrogen and oxygen atoms in total. The van der Waals surface area contributed by atoms with E-state index in [9.17, 15) is 13.6 Å². The molecule has 1 aliphatic carbocycles. The van der Waals surface area contributed by atoms with Crippen molar-refractivity contribution in [3.05, 3.63) is 30.2 Å². The number of anilines is 2. The number of aryl methyl sites for hydroxylation is 1. The van der Waals surface area contributed by atoms with Gasteiger partial charge >= 0.3 is 0 Å². The van der Waals surface area contributed by atoms with Gasteiger partial charge in [0.25, 0.3) is 6.43 Å². The summed E-state index contributed by atoms with van der Waals surface area (Å²) in [6.07, 6.45) is 5.53. The van der Waals surface area contributed by atoms with Gasteiger partial charge in [0.1, 0.15) is 16.9 Å². The second kappa shape index (κ2) is 13.1. The Morgan fingerprint density at radius 3 is 2.47 bits per heavy atom. The Hall–Kier alpha value is -3.83. The van der Waals surface area contributed by atoms with Gasteiger partial charge in [0.15, 0.2) is 11.5 Å². The molecule has 1 amide bonds. The minimum Gasteiger partial charge on any atom is -0.371 e. The van der Waals surface area contributed by atoms with E-state index < -0.39 is 13.0 Å². The maximum atomic E-state index is 12.9. The Morgan fingerprint density at radius 2 is 1.84 bits per heavy atom. The minimum absolute atomic E-state index is 0.118. The summed E-state index contributed by atoms with van der Waals surface area (Å²) in [5.41, 5.74) is 8.78. The fraction of sp³-hybridized carbons (Fsp3) is 0.500. The van der Waals surface area contributed by atoms with Crippen molar-refractivity contribution >= 4 is 34.4 Å². The lowest BCUT2D eigenvalue weighted by Crippen LogP contribution is -2.34. The number of pyridine rings is 1. The highest BCUT2D eigenvalue weighted by molar-refractivity contribution is 5.89. The van der Waals surface area contributed by atoms with Crippen LogP contribution in [0.25, 0.3) is 27.9 Å². The molecule has 0 bridgehead atoms. The van der Waals surface area contributed by atoms with Crippen LogP contribution in [0, 0.1) is 6.92 Å². The average Bonchev–Trinajstić information content (AvgIpc) is 3.45. The van der Waals surface area contributed by atoms with Crippen LogP contribution in [0.1, 0.15) is 58.7 Å². The van der Waals surface area contributed by atoms with Gasteiger partial charge in [0.05, 0.1) is 12.2 Å². The number of imidazole rings is 1. The summed E-state index contributed by atoms with van der Waals surface area (Å²) in [4.78, 5) is 23.7. The normalized spacial score (nSPS) is 13.6. The van der Waals surface area contributed by atoms with Crippen molar-refractivity contribution in [3.8, 4) is 11.3 Å². The van der Waals surface area contributed by atoms with Gasteiger partial charge in [-0.25, -0.2) is 23.3 Å². The molecule has 5 rings (SSSR count). The number of nitrogens with one attached hydrogen (secondary N) is 2. The number of fused-ring (bicyclic) bond motifs is 2. The summed E-state index contributed by atoms with van der Waals surface area (Å²) < 4.78 is 28.9. The van der Waals surface area contributed by atoms with Crippen molar-refractivity contribution < 1.29 is 13.6 Å². The molecule has 4 aromatic heterocycles. The van der Waals surface area contributed by atoms with E-state index in [0.29, 0.717) is 40.1 Å². The second-order valence-electron chi connectivity index (χ2n) is 8.83. The lowest BCUT2D eigenvalue weighted by molar-refractivity contribution is -0.119. The van der Waals surface area contributed by atoms with Crippen LogP contribution in [0.5, 0.6) is 0 Å². The molecule has 0 atom stereocenters. The van der Waals surface area contributed by atoms with E-state index in [1.165, 1.54) is 36.7 Å². The first-order valence-corrected chi connectivity index (χ1v) is 13.0. The fourth-order valence-electron chi connectivity index (χ4n) is 4.58. The number of amides is 1. The van der Waals surface area contributed by atoms with E-state index in [4.69, 9.17) is 5.73 Å². The van der Waals surface area contributed by atoms with Crippen molar-refractivity contribution in [1.29, 1.82) is 0 Å². The lowest BCUT2D eigenvalue weighted by atomic mass is 9.95. The predicted octanol–water partition coefficient (Wildman–Crippen LogP) is 4.82. The first-order valence-electron chi connectivity index (χ1n) is 13.0. The molecular formula is C26H37F2N9O. The SMILES string of the molecule is CC.CC(=O)NC1CCCCC1.CNc1nc(N)nn2ccc(-c3ccc4nc(C)n(CC(F)F)c4n3)c12. The molecule has 0 aromatic carbocycles. The summed E-state index contributed by atoms with van der Waals surface area (Å²) in [5.74, 6) is 1.31. The van der Waals surface area contributed by atoms with E-state index >= 15 is 0 Å². The quantitative estimate of drug-likeness (QED) is 0.338. The molecular weight excluding hydrogens is 492 g/mol. The van der Waals surface area contributed by atoms with Crippen molar-refractivity contribution in [2.45, 2.75) is 78.8 Å². The summed E-state index contributed by atoms with van der Waals surface area (Å²) in [6, 6.07) is 5.88. The zero-order valence-corrected chi connectivity index (χ0v) is 22.6. The summed E-state index contributed by atoms with van der Waals surface area (Å²) in [5, 5.41) is 10.1. The monoisotopic (exact) mass is 529 g/mol. The number of hydrogen-bond donors (Lipinski definition) is 3. The smallest absolute Gasteiger partial charge is 0.256 e. The molecule has 38 heavy (non-hydrogen) atoms. The summed E-state index contributed by atoms with van der Waals surface area (Å²) in [6.45, 7) is 6.83. The maximum absolute atomic E-state index is 12.9. The van der Waals surface area contributed by atoms with Crippen LogP contribution in [0.2, 0.25) is 0 Å². The van der Waals surface area contributed by atoms with Gasteiger partial charge in [-0.1, -0.05) is 33.1 Å². The Bertz CT molecular complexity index is 1360. The molecule has 1 fully saturated rings. The van der Waals surface area contributed by atoms with Crippen LogP contribution in [-0.4, -0.2) is 54.6 Å². The minimum atomic E-state index is -2.49. The van der Waals surface area contributed by atoms with E-state index in [1.807, 2.05) is 19.9 Å². The molecule has 0 radical (unpaired) electrons. The molecule has 12 heteroatoms. The molecule has 1 saturated carbocycles. The van der Waals surface area contributed by atoms with Gasteiger partial charge in [-0.3, -0.25) is 4.79 Å². The largest absolute Gasteiger partial charge is 0.371 e. The number of nitrogen functional groups attached to an aromatic ring is 1. The fourth-order valence-corrected chi connectivity index (χ4v) is 4.58. The average molecular weight is 530 g/mol. The summed E-state index contributed by atoms with van der Waals surface area (Å²) >= 11 is 0. The third-order valence-electron chi connectivity index (χ3n) is 6.16. The Kier molecular flexibility index (Phi) is 9.91. The number of carbonyl (C=O) groups is 1. The first kappa shape index (κ1) is 28.7. The highest BCUT2D eigenvalue weighted by Gasteiger charge is 2.17. The number of carbonyl (C=O) groups excluding carboxylic acids is 1. The first-order chi connectivity index (χ1) is 18.3. The molecule has 0 aliphatic heterocycles. The number of nitrogens with two attached hydrogens (primary N) is 1. The zero-order chi connectivity index (χ0) is 27.8. The van der Waals surface area contributed by atoms with E-state index in [1.54, 1.807) is 43.7 Å². The standard InChI is InChI=1S/C16H16F2N8.C8H15NO.C2H6/c1-8-21-11-4-3-10(22-15(11)25(8)7-12(17)18)9-5-6-26-13(9)14(20-2)23-16(19)24-26;1-7(10)9-8-5-3-2-4-6-8;1-2/h3-6,12H,7H2,1-2H3,(H3,19,20,23,24);8H,2-6H2,1H3,(H,9,10);1-2H3. The van der Waals surface area contributed by atoms with Gasteiger partial charge < -0.3 is 20.9 Å². The van der Waals surface area contributed by atoms with Crippen molar-refractivity contribution in [3.63, 3.8) is 0 Å². The molecule has 0 spiro atoms. The van der Waals surface area contributed by atoms with Crippen LogP contribution in [0.4, 0.5) is 20.5 Å². The van der Waals surface area contributed by atoms with E-state index in [0.717, 1.165) is 5.56 Å². The number of rotatable bonds is 5. The number of alkyl halides is 2. The highest BCUT2D eigenvalue weighted by Crippen LogP contribution is 2.30. The topological polar surface area (TPSA) is 128 Å². The third kappa shape index (κ3) is 6.73. The molecule has 1 aliphatic rings. The second-order valence-corrected chi connectivity index (χ2v) is 8.83. The van der Waals surface area contributed by atoms with Crippen LogP contribution in [0.3, 0.4) is 0 Å². The zero-order valence-electron chi connectivity index (χ0n) is 22.6. The van der Waals surface area contributed by atoms with Crippen LogP contribution in [-0.2, 0) is 11.3 Å². The van der Waals surface area contributed by atoms with Crippen molar-refractivity contribution in [1.82, 2.24) is 34.4 Å². The van der Waals surface area contributed by atoms with E-state index in [2.05, 4.69) is 30.7 Å². The van der Waals surface area contributed by atoms with Gasteiger partial charge in [-0.05, 0) is 38.0 Å². The summed E-state index contributed by atoms with van der Waals surface area (Å²) in [7, 11) is 1.73.